The molecule has 0 radical (unpaired) electrons. The van der Waals surface area contributed by atoms with Crippen molar-refractivity contribution in [2.45, 2.75) is 47.8 Å². The molecule has 1 aromatic carbocycles. The zero-order valence-corrected chi connectivity index (χ0v) is 15.2. The third-order valence-electron chi connectivity index (χ3n) is 4.07. The van der Waals surface area contributed by atoms with Crippen LogP contribution in [-0.4, -0.2) is 22.8 Å². The molecular formula is C16H23Br2NO. The van der Waals surface area contributed by atoms with Crippen LogP contribution in [0, 0.1) is 0 Å². The van der Waals surface area contributed by atoms with E-state index in [1.54, 1.807) is 7.11 Å². The molecule has 0 bridgehead atoms. The third-order valence-corrected chi connectivity index (χ3v) is 7.36. The van der Waals surface area contributed by atoms with E-state index in [2.05, 4.69) is 49.3 Å². The Labute approximate surface area is 138 Å². The van der Waals surface area contributed by atoms with Gasteiger partial charge in [-0.05, 0) is 43.5 Å². The van der Waals surface area contributed by atoms with Crippen molar-refractivity contribution < 1.29 is 4.74 Å². The van der Waals surface area contributed by atoms with E-state index in [-0.39, 0.29) is 4.32 Å². The van der Waals surface area contributed by atoms with Crippen LogP contribution in [0.4, 0.5) is 0 Å². The summed E-state index contributed by atoms with van der Waals surface area (Å²) in [4.78, 5) is 0.603. The van der Waals surface area contributed by atoms with E-state index in [1.807, 2.05) is 12.1 Å². The first-order valence-corrected chi connectivity index (χ1v) is 9.01. The molecule has 0 heterocycles. The van der Waals surface area contributed by atoms with Crippen LogP contribution in [0.15, 0.2) is 24.3 Å². The standard InChI is InChI=1S/C16H23Br2NO/c1-20-14-7-5-13(6-8-14)12-19-11-10-16(18)9-3-2-4-15(16)17/h5-8,15,19H,2-4,9-12H2,1H3/t15-,16+/m0/s1. The number of alkyl halides is 2. The van der Waals surface area contributed by atoms with Crippen LogP contribution in [0.1, 0.15) is 37.7 Å². The van der Waals surface area contributed by atoms with Crippen LogP contribution in [0.25, 0.3) is 0 Å². The maximum Gasteiger partial charge on any atom is 0.118 e. The number of halogens is 2. The Hall–Kier alpha value is -0.0600. The maximum absolute atomic E-state index is 5.17. The molecule has 1 N–H and O–H groups in total. The van der Waals surface area contributed by atoms with E-state index in [0.29, 0.717) is 4.83 Å². The third kappa shape index (κ3) is 4.47. The van der Waals surface area contributed by atoms with Crippen LogP contribution in [-0.2, 0) is 6.54 Å². The minimum Gasteiger partial charge on any atom is -0.497 e. The topological polar surface area (TPSA) is 21.3 Å². The summed E-state index contributed by atoms with van der Waals surface area (Å²) >= 11 is 7.80. The Bertz CT molecular complexity index is 409. The molecule has 1 fully saturated rings. The summed E-state index contributed by atoms with van der Waals surface area (Å²) in [6.07, 6.45) is 6.41. The first-order chi connectivity index (χ1) is 9.64. The molecule has 1 aliphatic rings. The molecule has 0 saturated heterocycles. The van der Waals surface area contributed by atoms with Gasteiger partial charge in [-0.3, -0.25) is 0 Å². The normalized spacial score (nSPS) is 26.4. The largest absolute Gasteiger partial charge is 0.497 e. The molecule has 2 atom stereocenters. The van der Waals surface area contributed by atoms with Crippen LogP contribution in [0.3, 0.4) is 0 Å². The van der Waals surface area contributed by atoms with Gasteiger partial charge in [0.25, 0.3) is 0 Å². The molecule has 2 rings (SSSR count). The fourth-order valence-electron chi connectivity index (χ4n) is 2.71. The number of hydrogen-bond acceptors (Lipinski definition) is 2. The lowest BCUT2D eigenvalue weighted by molar-refractivity contribution is 0.394. The van der Waals surface area contributed by atoms with Crippen molar-refractivity contribution in [2.75, 3.05) is 13.7 Å². The predicted octanol–water partition coefficient (Wildman–Crippen LogP) is 4.65. The van der Waals surface area contributed by atoms with Crippen molar-refractivity contribution in [3.8, 4) is 5.75 Å². The highest BCUT2D eigenvalue weighted by atomic mass is 79.9. The van der Waals surface area contributed by atoms with Gasteiger partial charge in [-0.1, -0.05) is 56.8 Å². The zero-order valence-electron chi connectivity index (χ0n) is 12.0. The molecule has 2 nitrogen and oxygen atoms in total. The lowest BCUT2D eigenvalue weighted by atomic mass is 9.86. The zero-order chi connectivity index (χ0) is 14.4. The molecule has 0 aliphatic heterocycles. The second kappa shape index (κ2) is 7.81. The lowest BCUT2D eigenvalue weighted by Crippen LogP contribution is -2.38. The molecule has 1 saturated carbocycles. The van der Waals surface area contributed by atoms with Crippen molar-refractivity contribution >= 4 is 31.9 Å². The number of nitrogens with one attached hydrogen (secondary N) is 1. The molecule has 20 heavy (non-hydrogen) atoms. The number of rotatable bonds is 6. The molecule has 0 aromatic heterocycles. The molecular weight excluding hydrogens is 382 g/mol. The molecule has 4 heteroatoms. The highest BCUT2D eigenvalue weighted by Crippen LogP contribution is 2.42. The Kier molecular flexibility index (Phi) is 6.37. The number of methoxy groups -OCH3 is 1. The summed E-state index contributed by atoms with van der Waals surface area (Å²) in [5.41, 5.74) is 1.30. The van der Waals surface area contributed by atoms with E-state index in [9.17, 15) is 0 Å². The number of benzene rings is 1. The minimum atomic E-state index is 0.276. The smallest absolute Gasteiger partial charge is 0.118 e. The van der Waals surface area contributed by atoms with Crippen LogP contribution in [0.5, 0.6) is 5.75 Å². The van der Waals surface area contributed by atoms with Crippen LogP contribution < -0.4 is 10.1 Å². The number of ether oxygens (including phenoxy) is 1. The second-order valence-corrected chi connectivity index (χ2v) is 8.21. The van der Waals surface area contributed by atoms with Gasteiger partial charge in [-0.2, -0.15) is 0 Å². The maximum atomic E-state index is 5.17. The van der Waals surface area contributed by atoms with Gasteiger partial charge in [0, 0.05) is 15.7 Å². The van der Waals surface area contributed by atoms with Gasteiger partial charge in [0.05, 0.1) is 7.11 Å². The molecule has 0 unspecified atom stereocenters. The highest BCUT2D eigenvalue weighted by Gasteiger charge is 2.36. The first kappa shape index (κ1) is 16.3. The van der Waals surface area contributed by atoms with Crippen molar-refractivity contribution in [3.05, 3.63) is 29.8 Å². The Balaban J connectivity index is 1.72. The SMILES string of the molecule is COc1ccc(CNCC[C@]2(Br)CCCC[C@@H]2Br)cc1. The summed E-state index contributed by atoms with van der Waals surface area (Å²) in [7, 11) is 1.70. The Morgan fingerprint density at radius 1 is 1.30 bits per heavy atom. The summed E-state index contributed by atoms with van der Waals surface area (Å²) < 4.78 is 5.44. The van der Waals surface area contributed by atoms with Gasteiger partial charge < -0.3 is 10.1 Å². The van der Waals surface area contributed by atoms with Crippen molar-refractivity contribution in [1.29, 1.82) is 0 Å². The average Bonchev–Trinajstić information content (AvgIpc) is 2.48. The van der Waals surface area contributed by atoms with E-state index in [0.717, 1.165) is 18.8 Å². The monoisotopic (exact) mass is 403 g/mol. The van der Waals surface area contributed by atoms with E-state index in [4.69, 9.17) is 4.74 Å². The van der Waals surface area contributed by atoms with Gasteiger partial charge in [-0.15, -0.1) is 0 Å². The van der Waals surface area contributed by atoms with Crippen LogP contribution in [0.2, 0.25) is 0 Å². The Morgan fingerprint density at radius 2 is 2.05 bits per heavy atom. The summed E-state index contributed by atoms with van der Waals surface area (Å²) in [5.74, 6) is 0.914. The fraction of sp³-hybridized carbons (Fsp3) is 0.625. The van der Waals surface area contributed by atoms with Gasteiger partial charge in [-0.25, -0.2) is 0 Å². The van der Waals surface area contributed by atoms with Gasteiger partial charge in [0.1, 0.15) is 5.75 Å². The summed E-state index contributed by atoms with van der Waals surface area (Å²) in [5, 5.41) is 3.54. The number of hydrogen-bond donors (Lipinski definition) is 1. The van der Waals surface area contributed by atoms with Gasteiger partial charge in [0.15, 0.2) is 0 Å². The minimum absolute atomic E-state index is 0.276. The van der Waals surface area contributed by atoms with E-state index >= 15 is 0 Å². The van der Waals surface area contributed by atoms with Crippen molar-refractivity contribution in [3.63, 3.8) is 0 Å². The second-order valence-electron chi connectivity index (χ2n) is 5.52. The lowest BCUT2D eigenvalue weighted by Gasteiger charge is -2.36. The van der Waals surface area contributed by atoms with Gasteiger partial charge in [0.2, 0.25) is 0 Å². The molecule has 1 aromatic rings. The van der Waals surface area contributed by atoms with Gasteiger partial charge >= 0.3 is 0 Å². The summed E-state index contributed by atoms with van der Waals surface area (Å²) in [6.45, 7) is 1.96. The average molecular weight is 405 g/mol. The Morgan fingerprint density at radius 3 is 2.70 bits per heavy atom. The molecule has 0 amide bonds. The van der Waals surface area contributed by atoms with E-state index in [1.165, 1.54) is 37.7 Å². The molecule has 1 aliphatic carbocycles. The fourth-order valence-corrected chi connectivity index (χ4v) is 4.20. The van der Waals surface area contributed by atoms with Crippen LogP contribution >= 0.6 is 31.9 Å². The summed E-state index contributed by atoms with van der Waals surface area (Å²) in [6, 6.07) is 8.25. The van der Waals surface area contributed by atoms with E-state index < -0.39 is 0 Å². The van der Waals surface area contributed by atoms with Crippen molar-refractivity contribution in [1.82, 2.24) is 5.32 Å². The first-order valence-electron chi connectivity index (χ1n) is 7.31. The molecule has 0 spiro atoms. The predicted molar refractivity (Wildman–Crippen MR) is 92.2 cm³/mol. The quantitative estimate of drug-likeness (QED) is 0.550. The molecule has 112 valence electrons. The highest BCUT2D eigenvalue weighted by molar-refractivity contribution is 9.12. The van der Waals surface area contributed by atoms with Crippen molar-refractivity contribution in [2.24, 2.45) is 0 Å².